The van der Waals surface area contributed by atoms with Crippen molar-refractivity contribution in [2.75, 3.05) is 13.2 Å². The third kappa shape index (κ3) is 5.18. The maximum Gasteiger partial charge on any atom is 0.226 e. The van der Waals surface area contributed by atoms with E-state index in [4.69, 9.17) is 19.6 Å². The number of hydrogen-bond donors (Lipinski definition) is 1. The van der Waals surface area contributed by atoms with Crippen LogP contribution in [0.5, 0.6) is 5.75 Å². The molecule has 142 valence electrons. The van der Waals surface area contributed by atoms with Crippen LogP contribution in [0.25, 0.3) is 11.5 Å². The topological polar surface area (TPSA) is 70.5 Å². The predicted octanol–water partition coefficient (Wildman–Crippen LogP) is 4.14. The van der Waals surface area contributed by atoms with Crippen LogP contribution < -0.4 is 10.5 Å². The van der Waals surface area contributed by atoms with Crippen LogP contribution in [0.15, 0.2) is 59.0 Å². The second-order valence-electron chi connectivity index (χ2n) is 6.34. The van der Waals surface area contributed by atoms with Crippen LogP contribution in [0.3, 0.4) is 0 Å². The van der Waals surface area contributed by atoms with Gasteiger partial charge in [-0.3, -0.25) is 0 Å². The fourth-order valence-corrected chi connectivity index (χ4v) is 2.85. The summed E-state index contributed by atoms with van der Waals surface area (Å²) in [6.07, 6.45) is 0.851. The third-order valence-electron chi connectivity index (χ3n) is 4.34. The predicted molar refractivity (Wildman–Crippen MR) is 106 cm³/mol. The van der Waals surface area contributed by atoms with Crippen LogP contribution in [0.1, 0.15) is 23.9 Å². The van der Waals surface area contributed by atoms with Crippen molar-refractivity contribution >= 4 is 0 Å². The number of benzene rings is 2. The van der Waals surface area contributed by atoms with Gasteiger partial charge in [-0.05, 0) is 50.1 Å². The summed E-state index contributed by atoms with van der Waals surface area (Å²) >= 11 is 0. The van der Waals surface area contributed by atoms with Gasteiger partial charge in [0.1, 0.15) is 23.8 Å². The lowest BCUT2D eigenvalue weighted by Crippen LogP contribution is -2.26. The molecule has 1 atom stereocenters. The number of nitrogens with two attached hydrogens (primary N) is 1. The van der Waals surface area contributed by atoms with Crippen LogP contribution >= 0.6 is 0 Å². The standard InChI is InChI=1S/C22H26N2O3/c1-3-25-20(14-23)13-17-9-11-19(12-10-17)26-15-21-16(2)27-22(24-21)18-7-5-4-6-8-18/h4-12,20H,3,13-15,23H2,1-2H3/t20-/m0/s1. The van der Waals surface area contributed by atoms with Crippen LogP contribution in [0, 0.1) is 6.92 Å². The van der Waals surface area contributed by atoms with Gasteiger partial charge in [-0.2, -0.15) is 0 Å². The Morgan fingerprint density at radius 3 is 2.48 bits per heavy atom. The second-order valence-corrected chi connectivity index (χ2v) is 6.34. The van der Waals surface area contributed by atoms with E-state index < -0.39 is 0 Å². The monoisotopic (exact) mass is 366 g/mol. The largest absolute Gasteiger partial charge is 0.487 e. The summed E-state index contributed by atoms with van der Waals surface area (Å²) < 4.78 is 17.3. The molecule has 2 aromatic carbocycles. The van der Waals surface area contributed by atoms with Crippen molar-refractivity contribution in [1.29, 1.82) is 0 Å². The average Bonchev–Trinajstić information content (AvgIpc) is 3.08. The number of hydrogen-bond acceptors (Lipinski definition) is 5. The van der Waals surface area contributed by atoms with Crippen LogP contribution in [0.2, 0.25) is 0 Å². The Morgan fingerprint density at radius 2 is 1.81 bits per heavy atom. The molecule has 27 heavy (non-hydrogen) atoms. The van der Waals surface area contributed by atoms with Crippen molar-refractivity contribution in [2.24, 2.45) is 5.73 Å². The van der Waals surface area contributed by atoms with Gasteiger partial charge in [0.25, 0.3) is 0 Å². The zero-order valence-electron chi connectivity index (χ0n) is 15.9. The number of aromatic nitrogens is 1. The molecule has 0 fully saturated rings. The molecule has 0 unspecified atom stereocenters. The first-order chi connectivity index (χ1) is 13.2. The lowest BCUT2D eigenvalue weighted by atomic mass is 10.1. The average molecular weight is 366 g/mol. The molecule has 1 heterocycles. The molecule has 2 N–H and O–H groups in total. The molecule has 0 saturated heterocycles. The molecule has 3 aromatic rings. The second kappa shape index (κ2) is 9.35. The maximum absolute atomic E-state index is 5.88. The Kier molecular flexibility index (Phi) is 6.63. The highest BCUT2D eigenvalue weighted by molar-refractivity contribution is 5.53. The molecular weight excluding hydrogens is 340 g/mol. The molecule has 0 aliphatic rings. The molecule has 0 aliphatic heterocycles. The van der Waals surface area contributed by atoms with Crippen molar-refractivity contribution in [3.8, 4) is 17.2 Å². The number of nitrogens with zero attached hydrogens (tertiary/aromatic N) is 1. The Bertz CT molecular complexity index is 829. The number of ether oxygens (including phenoxy) is 2. The Hall–Kier alpha value is -2.63. The summed E-state index contributed by atoms with van der Waals surface area (Å²) in [5.41, 5.74) is 8.68. The quantitative estimate of drug-likeness (QED) is 0.616. The summed E-state index contributed by atoms with van der Waals surface area (Å²) in [4.78, 5) is 4.56. The van der Waals surface area contributed by atoms with E-state index in [0.29, 0.717) is 25.6 Å². The van der Waals surface area contributed by atoms with E-state index in [9.17, 15) is 0 Å². The van der Waals surface area contributed by atoms with Gasteiger partial charge in [0.2, 0.25) is 5.89 Å². The van der Waals surface area contributed by atoms with Gasteiger partial charge in [0.05, 0.1) is 6.10 Å². The molecule has 0 bridgehead atoms. The smallest absolute Gasteiger partial charge is 0.226 e. The van der Waals surface area contributed by atoms with Crippen molar-refractivity contribution in [1.82, 2.24) is 4.98 Å². The van der Waals surface area contributed by atoms with Gasteiger partial charge in [-0.15, -0.1) is 0 Å². The summed E-state index contributed by atoms with van der Waals surface area (Å²) in [6, 6.07) is 17.9. The highest BCUT2D eigenvalue weighted by Gasteiger charge is 2.12. The number of oxazole rings is 1. The third-order valence-corrected chi connectivity index (χ3v) is 4.34. The minimum Gasteiger partial charge on any atom is -0.487 e. The first-order valence-corrected chi connectivity index (χ1v) is 9.24. The van der Waals surface area contributed by atoms with E-state index >= 15 is 0 Å². The van der Waals surface area contributed by atoms with Crippen molar-refractivity contribution in [3.63, 3.8) is 0 Å². The van der Waals surface area contributed by atoms with Crippen LogP contribution in [-0.2, 0) is 17.8 Å². The van der Waals surface area contributed by atoms with Gasteiger partial charge in [-0.25, -0.2) is 4.98 Å². The van der Waals surface area contributed by atoms with E-state index in [1.807, 2.05) is 68.4 Å². The van der Waals surface area contributed by atoms with E-state index in [1.165, 1.54) is 5.56 Å². The molecule has 1 aromatic heterocycles. The molecule has 5 nitrogen and oxygen atoms in total. The summed E-state index contributed by atoms with van der Waals surface area (Å²) in [6.45, 7) is 5.44. The first kappa shape index (κ1) is 19.1. The lowest BCUT2D eigenvalue weighted by molar-refractivity contribution is 0.0694. The Labute approximate surface area is 160 Å². The molecule has 3 rings (SSSR count). The van der Waals surface area contributed by atoms with Crippen LogP contribution in [-0.4, -0.2) is 24.2 Å². The molecular formula is C22H26N2O3. The van der Waals surface area contributed by atoms with Gasteiger partial charge in [0, 0.05) is 18.7 Å². The van der Waals surface area contributed by atoms with Gasteiger partial charge in [-0.1, -0.05) is 30.3 Å². The fourth-order valence-electron chi connectivity index (χ4n) is 2.85. The highest BCUT2D eigenvalue weighted by Crippen LogP contribution is 2.23. The van der Waals surface area contributed by atoms with Gasteiger partial charge >= 0.3 is 0 Å². The Balaban J connectivity index is 1.60. The molecule has 0 spiro atoms. The van der Waals surface area contributed by atoms with E-state index in [1.54, 1.807) is 0 Å². The van der Waals surface area contributed by atoms with Crippen molar-refractivity contribution < 1.29 is 13.9 Å². The Morgan fingerprint density at radius 1 is 1.07 bits per heavy atom. The van der Waals surface area contributed by atoms with E-state index in [-0.39, 0.29) is 6.10 Å². The first-order valence-electron chi connectivity index (χ1n) is 9.24. The minimum absolute atomic E-state index is 0.0518. The number of rotatable bonds is 9. The van der Waals surface area contributed by atoms with E-state index in [2.05, 4.69) is 4.98 Å². The zero-order valence-corrected chi connectivity index (χ0v) is 15.9. The summed E-state index contributed by atoms with van der Waals surface area (Å²) in [5.74, 6) is 2.18. The van der Waals surface area contributed by atoms with Gasteiger partial charge < -0.3 is 19.6 Å². The fraction of sp³-hybridized carbons (Fsp3) is 0.318. The number of aryl methyl sites for hydroxylation is 1. The molecule has 0 saturated carbocycles. The molecule has 0 aliphatic carbocycles. The zero-order chi connectivity index (χ0) is 19.1. The molecule has 5 heteroatoms. The summed E-state index contributed by atoms with van der Waals surface area (Å²) in [5, 5.41) is 0. The normalized spacial score (nSPS) is 12.1. The van der Waals surface area contributed by atoms with Crippen LogP contribution in [0.4, 0.5) is 0 Å². The highest BCUT2D eigenvalue weighted by atomic mass is 16.5. The van der Waals surface area contributed by atoms with Gasteiger partial charge in [0.15, 0.2) is 0 Å². The van der Waals surface area contributed by atoms with Crippen molar-refractivity contribution in [2.45, 2.75) is 33.0 Å². The van der Waals surface area contributed by atoms with Crippen molar-refractivity contribution in [3.05, 3.63) is 71.6 Å². The lowest BCUT2D eigenvalue weighted by Gasteiger charge is -2.15. The maximum atomic E-state index is 5.88. The van der Waals surface area contributed by atoms with E-state index in [0.717, 1.165) is 29.2 Å². The minimum atomic E-state index is 0.0518. The SMILES string of the molecule is CCO[C@H](CN)Cc1ccc(OCc2nc(-c3ccccc3)oc2C)cc1. The summed E-state index contributed by atoms with van der Waals surface area (Å²) in [7, 11) is 0. The molecule has 0 amide bonds. The molecule has 0 radical (unpaired) electrons.